The van der Waals surface area contributed by atoms with Gasteiger partial charge >= 0.3 is 0 Å². The second-order valence-electron chi connectivity index (χ2n) is 6.02. The van der Waals surface area contributed by atoms with Crippen LogP contribution in [0.2, 0.25) is 0 Å². The second kappa shape index (κ2) is 5.87. The van der Waals surface area contributed by atoms with E-state index in [1.807, 2.05) is 30.6 Å². The third kappa shape index (κ3) is 2.97. The van der Waals surface area contributed by atoms with Crippen LogP contribution in [0.25, 0.3) is 11.0 Å². The number of carbonyl (C=O) groups is 1. The summed E-state index contributed by atoms with van der Waals surface area (Å²) in [6.45, 7) is 1.45. The highest BCUT2D eigenvalue weighted by Crippen LogP contribution is 2.38. The molecule has 0 spiro atoms. The summed E-state index contributed by atoms with van der Waals surface area (Å²) in [5.74, 6) is 0.474. The van der Waals surface area contributed by atoms with Crippen molar-refractivity contribution in [1.29, 1.82) is 0 Å². The highest BCUT2D eigenvalue weighted by molar-refractivity contribution is 5.92. The number of imidazole rings is 1. The molecule has 2 heterocycles. The fourth-order valence-electron chi connectivity index (χ4n) is 2.79. The number of amides is 1. The van der Waals surface area contributed by atoms with Gasteiger partial charge < -0.3 is 9.88 Å². The minimum absolute atomic E-state index is 0.108. The second-order valence-corrected chi connectivity index (χ2v) is 6.02. The van der Waals surface area contributed by atoms with Crippen molar-refractivity contribution in [1.82, 2.24) is 25.1 Å². The van der Waals surface area contributed by atoms with Crippen molar-refractivity contribution in [2.75, 3.05) is 6.54 Å². The Bertz CT molecular complexity index is 830. The Hall–Kier alpha value is -2.63. The molecule has 1 aliphatic carbocycles. The number of nitrogens with zero attached hydrogens (tertiary/aromatic N) is 3. The molecule has 2 N–H and O–H groups in total. The molecule has 6 nitrogen and oxygen atoms in total. The van der Waals surface area contributed by atoms with Crippen LogP contribution in [0.3, 0.4) is 0 Å². The van der Waals surface area contributed by atoms with Crippen LogP contribution in [-0.4, -0.2) is 32.2 Å². The lowest BCUT2D eigenvalue weighted by Gasteiger charge is -2.05. The molecule has 2 aromatic heterocycles. The molecule has 0 saturated heterocycles. The van der Waals surface area contributed by atoms with Crippen molar-refractivity contribution in [2.45, 2.75) is 31.7 Å². The molecule has 0 atom stereocenters. The predicted octanol–water partition coefficient (Wildman–Crippen LogP) is 2.46. The average molecular weight is 309 g/mol. The summed E-state index contributed by atoms with van der Waals surface area (Å²) in [4.78, 5) is 16.4. The number of para-hydroxylation sites is 2. The van der Waals surface area contributed by atoms with E-state index in [2.05, 4.69) is 31.1 Å². The number of hydrogen-bond acceptors (Lipinski definition) is 3. The topological polar surface area (TPSA) is 75.6 Å². The van der Waals surface area contributed by atoms with Crippen LogP contribution >= 0.6 is 0 Å². The lowest BCUT2D eigenvalue weighted by Crippen LogP contribution is -2.25. The Labute approximate surface area is 133 Å². The zero-order valence-electron chi connectivity index (χ0n) is 12.8. The summed E-state index contributed by atoms with van der Waals surface area (Å²) < 4.78 is 2.11. The van der Waals surface area contributed by atoms with Crippen molar-refractivity contribution < 1.29 is 4.79 Å². The number of hydrogen-bond donors (Lipinski definition) is 2. The first-order valence-electron chi connectivity index (χ1n) is 8.04. The van der Waals surface area contributed by atoms with Gasteiger partial charge in [0.2, 0.25) is 0 Å². The molecule has 0 aliphatic heterocycles. The third-order valence-electron chi connectivity index (χ3n) is 4.24. The van der Waals surface area contributed by atoms with Crippen LogP contribution in [0.1, 0.15) is 41.4 Å². The van der Waals surface area contributed by atoms with Crippen molar-refractivity contribution in [3.05, 3.63) is 48.0 Å². The lowest BCUT2D eigenvalue weighted by molar-refractivity contribution is 0.0948. The molecule has 0 bridgehead atoms. The highest BCUT2D eigenvalue weighted by Gasteiger charge is 2.26. The maximum atomic E-state index is 12.1. The number of aromatic nitrogens is 4. The maximum Gasteiger partial charge on any atom is 0.271 e. The van der Waals surface area contributed by atoms with Gasteiger partial charge in [-0.25, -0.2) is 4.98 Å². The normalized spacial score (nSPS) is 14.3. The van der Waals surface area contributed by atoms with Gasteiger partial charge in [0.15, 0.2) is 0 Å². The van der Waals surface area contributed by atoms with Gasteiger partial charge in [0.1, 0.15) is 5.69 Å². The zero-order chi connectivity index (χ0) is 15.6. The predicted molar refractivity (Wildman–Crippen MR) is 87.2 cm³/mol. The monoisotopic (exact) mass is 309 g/mol. The summed E-state index contributed by atoms with van der Waals surface area (Å²) in [6.07, 6.45) is 5.10. The van der Waals surface area contributed by atoms with E-state index in [-0.39, 0.29) is 5.91 Å². The van der Waals surface area contributed by atoms with E-state index in [0.717, 1.165) is 29.7 Å². The fourth-order valence-corrected chi connectivity index (χ4v) is 2.79. The van der Waals surface area contributed by atoms with E-state index in [1.54, 1.807) is 0 Å². The Morgan fingerprint density at radius 1 is 1.35 bits per heavy atom. The van der Waals surface area contributed by atoms with Crippen LogP contribution in [0.15, 0.2) is 36.7 Å². The molecule has 1 aromatic carbocycles. The summed E-state index contributed by atoms with van der Waals surface area (Å²) in [5, 5.41) is 9.98. The number of rotatable bonds is 6. The van der Waals surface area contributed by atoms with E-state index in [9.17, 15) is 4.79 Å². The van der Waals surface area contributed by atoms with E-state index >= 15 is 0 Å². The summed E-state index contributed by atoms with van der Waals surface area (Å²) in [5.41, 5.74) is 3.70. The zero-order valence-corrected chi connectivity index (χ0v) is 12.8. The quantitative estimate of drug-likeness (QED) is 0.687. The van der Waals surface area contributed by atoms with Gasteiger partial charge in [-0.15, -0.1) is 0 Å². The Kier molecular flexibility index (Phi) is 3.57. The number of nitrogens with one attached hydrogen (secondary N) is 2. The van der Waals surface area contributed by atoms with Gasteiger partial charge in [-0.2, -0.15) is 5.10 Å². The number of benzene rings is 1. The number of H-pyrrole nitrogens is 1. The van der Waals surface area contributed by atoms with Crippen LogP contribution < -0.4 is 5.32 Å². The largest absolute Gasteiger partial charge is 0.351 e. The molecular weight excluding hydrogens is 290 g/mol. The number of aromatic amines is 1. The third-order valence-corrected chi connectivity index (χ3v) is 4.24. The van der Waals surface area contributed by atoms with E-state index in [1.165, 1.54) is 12.8 Å². The minimum Gasteiger partial charge on any atom is -0.351 e. The van der Waals surface area contributed by atoms with Crippen molar-refractivity contribution in [3.63, 3.8) is 0 Å². The van der Waals surface area contributed by atoms with E-state index < -0.39 is 0 Å². The van der Waals surface area contributed by atoms with Gasteiger partial charge in [0, 0.05) is 24.7 Å². The SMILES string of the molecule is O=C(NCCCn1cnc2ccccc21)c1cc(C2CC2)[nH]n1. The maximum absolute atomic E-state index is 12.1. The molecule has 3 aromatic rings. The molecule has 4 rings (SSSR count). The van der Waals surface area contributed by atoms with Gasteiger partial charge in [-0.3, -0.25) is 9.89 Å². The van der Waals surface area contributed by atoms with Crippen LogP contribution in [0.5, 0.6) is 0 Å². The fraction of sp³-hybridized carbons (Fsp3) is 0.353. The first-order valence-corrected chi connectivity index (χ1v) is 8.04. The first kappa shape index (κ1) is 14.0. The Morgan fingerprint density at radius 2 is 2.22 bits per heavy atom. The van der Waals surface area contributed by atoms with Gasteiger partial charge in [-0.1, -0.05) is 12.1 Å². The standard InChI is InChI=1S/C17H19N5O/c23-17(15-10-14(20-21-15)12-6-7-12)18-8-3-9-22-11-19-13-4-1-2-5-16(13)22/h1-2,4-5,10-12H,3,6-9H2,(H,18,23)(H,20,21). The number of fused-ring (bicyclic) bond motifs is 1. The summed E-state index contributed by atoms with van der Waals surface area (Å²) in [7, 11) is 0. The Balaban J connectivity index is 1.28. The van der Waals surface area contributed by atoms with E-state index in [4.69, 9.17) is 0 Å². The molecule has 1 amide bonds. The average Bonchev–Trinajstić information content (AvgIpc) is 3.17. The van der Waals surface area contributed by atoms with Gasteiger partial charge in [0.05, 0.1) is 17.4 Å². The highest BCUT2D eigenvalue weighted by atomic mass is 16.1. The van der Waals surface area contributed by atoms with Crippen molar-refractivity contribution in [2.24, 2.45) is 0 Å². The van der Waals surface area contributed by atoms with Crippen LogP contribution in [0.4, 0.5) is 0 Å². The first-order chi connectivity index (χ1) is 11.3. The molecule has 118 valence electrons. The smallest absolute Gasteiger partial charge is 0.271 e. The molecular formula is C17H19N5O. The van der Waals surface area contributed by atoms with Crippen molar-refractivity contribution >= 4 is 16.9 Å². The molecule has 0 radical (unpaired) electrons. The summed E-state index contributed by atoms with van der Waals surface area (Å²) in [6, 6.07) is 9.93. The molecule has 1 aliphatic rings. The molecule has 6 heteroatoms. The number of aryl methyl sites for hydroxylation is 1. The lowest BCUT2D eigenvalue weighted by atomic mass is 10.2. The molecule has 23 heavy (non-hydrogen) atoms. The van der Waals surface area contributed by atoms with Gasteiger partial charge in [0.25, 0.3) is 5.91 Å². The van der Waals surface area contributed by atoms with Crippen LogP contribution in [-0.2, 0) is 6.54 Å². The summed E-state index contributed by atoms with van der Waals surface area (Å²) >= 11 is 0. The van der Waals surface area contributed by atoms with E-state index in [0.29, 0.717) is 18.2 Å². The van der Waals surface area contributed by atoms with Crippen molar-refractivity contribution in [3.8, 4) is 0 Å². The minimum atomic E-state index is -0.108. The van der Waals surface area contributed by atoms with Crippen LogP contribution in [0, 0.1) is 0 Å². The molecule has 1 saturated carbocycles. The van der Waals surface area contributed by atoms with Gasteiger partial charge in [-0.05, 0) is 37.5 Å². The molecule has 0 unspecified atom stereocenters. The Morgan fingerprint density at radius 3 is 3.09 bits per heavy atom. The molecule has 1 fully saturated rings. The number of carbonyl (C=O) groups excluding carboxylic acids is 1.